The van der Waals surface area contributed by atoms with Gasteiger partial charge in [-0.3, -0.25) is 24.2 Å². The first-order valence-corrected chi connectivity index (χ1v) is 6.66. The molecule has 0 saturated carbocycles. The summed E-state index contributed by atoms with van der Waals surface area (Å²) in [5, 5.41) is 34.9. The number of likely N-dealkylation sites (N-methyl/N-ethyl adjacent to an activating group) is 1. The second kappa shape index (κ2) is 10.3. The van der Waals surface area contributed by atoms with E-state index in [-0.39, 0.29) is 19.6 Å². The maximum atomic E-state index is 10.9. The Morgan fingerprint density at radius 2 is 1.13 bits per heavy atom. The molecule has 23 heavy (non-hydrogen) atoms. The fourth-order valence-electron chi connectivity index (χ4n) is 1.72. The Hall–Kier alpha value is -2.40. The molecule has 0 bridgehead atoms. The number of hydrogen-bond donors (Lipinski definition) is 4. The van der Waals surface area contributed by atoms with Crippen LogP contribution in [-0.4, -0.2) is 112 Å². The van der Waals surface area contributed by atoms with Gasteiger partial charge < -0.3 is 25.3 Å². The van der Waals surface area contributed by atoms with Crippen LogP contribution in [0.1, 0.15) is 0 Å². The number of carboxylic acids is 3. The lowest BCUT2D eigenvalue weighted by Crippen LogP contribution is -2.43. The molecule has 0 aromatic carbocycles. The van der Waals surface area contributed by atoms with Crippen molar-refractivity contribution in [2.24, 2.45) is 0 Å². The molecule has 0 heterocycles. The van der Waals surface area contributed by atoms with Gasteiger partial charge in [0.1, 0.15) is 6.54 Å². The third kappa shape index (κ3) is 10.9. The average molecular weight is 335 g/mol. The normalized spacial score (nSPS) is 10.7. The van der Waals surface area contributed by atoms with Gasteiger partial charge in [0.25, 0.3) is 0 Å². The van der Waals surface area contributed by atoms with Crippen LogP contribution in [0.5, 0.6) is 0 Å². The SMILES string of the molecule is CN(CCN(CC(=O)O)CC(=O)O)CCN(CC(=O)O)C(=O)O. The number of carboxylic acid groups (broad SMARTS) is 4. The van der Waals surface area contributed by atoms with Gasteiger partial charge in [-0.15, -0.1) is 0 Å². The molecule has 132 valence electrons. The molecule has 0 aromatic rings. The summed E-state index contributed by atoms with van der Waals surface area (Å²) in [6.45, 7) is -0.792. The Morgan fingerprint density at radius 3 is 1.52 bits per heavy atom. The van der Waals surface area contributed by atoms with Crippen molar-refractivity contribution in [2.45, 2.75) is 0 Å². The van der Waals surface area contributed by atoms with Crippen molar-refractivity contribution in [1.29, 1.82) is 0 Å². The average Bonchev–Trinajstić information content (AvgIpc) is 2.38. The van der Waals surface area contributed by atoms with Crippen molar-refractivity contribution in [2.75, 3.05) is 52.9 Å². The standard InChI is InChI=1S/C12H21N3O8/c1-13(3-5-15(12(22)23)8-11(20)21)2-4-14(6-9(16)17)7-10(18)19/h2-8H2,1H3,(H,16,17)(H,18,19)(H,20,21)(H,22,23). The fraction of sp³-hybridized carbons (Fsp3) is 0.667. The molecule has 0 spiro atoms. The summed E-state index contributed by atoms with van der Waals surface area (Å²) in [6, 6.07) is 0. The highest BCUT2D eigenvalue weighted by Gasteiger charge is 2.17. The van der Waals surface area contributed by atoms with Gasteiger partial charge in [0.05, 0.1) is 13.1 Å². The molecule has 4 N–H and O–H groups in total. The lowest BCUT2D eigenvalue weighted by Gasteiger charge is -2.25. The third-order valence-electron chi connectivity index (χ3n) is 2.86. The molecule has 0 saturated heterocycles. The molecule has 0 aromatic heterocycles. The van der Waals surface area contributed by atoms with Gasteiger partial charge in [-0.25, -0.2) is 4.79 Å². The summed E-state index contributed by atoms with van der Waals surface area (Å²) in [5.41, 5.74) is 0. The van der Waals surface area contributed by atoms with Crippen molar-refractivity contribution in [1.82, 2.24) is 14.7 Å². The molecular formula is C12H21N3O8. The van der Waals surface area contributed by atoms with Gasteiger partial charge in [0.2, 0.25) is 0 Å². The largest absolute Gasteiger partial charge is 0.480 e. The van der Waals surface area contributed by atoms with Crippen molar-refractivity contribution < 1.29 is 39.6 Å². The highest BCUT2D eigenvalue weighted by Crippen LogP contribution is 1.94. The van der Waals surface area contributed by atoms with Crippen LogP contribution in [0.3, 0.4) is 0 Å². The first-order chi connectivity index (χ1) is 10.6. The Bertz CT molecular complexity index is 426. The van der Waals surface area contributed by atoms with Crippen LogP contribution < -0.4 is 0 Å². The number of amides is 1. The van der Waals surface area contributed by atoms with Gasteiger partial charge >= 0.3 is 24.0 Å². The van der Waals surface area contributed by atoms with E-state index < -0.39 is 43.6 Å². The zero-order valence-electron chi connectivity index (χ0n) is 12.7. The zero-order chi connectivity index (χ0) is 18.0. The Morgan fingerprint density at radius 1 is 0.696 bits per heavy atom. The molecule has 0 aliphatic rings. The summed E-state index contributed by atoms with van der Waals surface area (Å²) >= 11 is 0. The van der Waals surface area contributed by atoms with E-state index in [2.05, 4.69) is 0 Å². The second-order valence-corrected chi connectivity index (χ2v) is 4.90. The van der Waals surface area contributed by atoms with Gasteiger partial charge in [-0.1, -0.05) is 0 Å². The molecule has 0 radical (unpaired) electrons. The quantitative estimate of drug-likeness (QED) is 0.329. The van der Waals surface area contributed by atoms with E-state index in [9.17, 15) is 19.2 Å². The summed E-state index contributed by atoms with van der Waals surface area (Å²) in [6.07, 6.45) is -1.35. The van der Waals surface area contributed by atoms with Crippen LogP contribution in [0.25, 0.3) is 0 Å². The highest BCUT2D eigenvalue weighted by molar-refractivity contribution is 5.75. The minimum absolute atomic E-state index is 0.0318. The lowest BCUT2D eigenvalue weighted by atomic mass is 10.4. The van der Waals surface area contributed by atoms with E-state index in [0.29, 0.717) is 6.54 Å². The minimum Gasteiger partial charge on any atom is -0.480 e. The van der Waals surface area contributed by atoms with Crippen molar-refractivity contribution in [3.8, 4) is 0 Å². The van der Waals surface area contributed by atoms with Crippen LogP contribution in [0, 0.1) is 0 Å². The maximum Gasteiger partial charge on any atom is 0.407 e. The van der Waals surface area contributed by atoms with E-state index in [1.807, 2.05) is 0 Å². The summed E-state index contributed by atoms with van der Waals surface area (Å²) in [7, 11) is 1.64. The molecule has 0 unspecified atom stereocenters. The van der Waals surface area contributed by atoms with Gasteiger partial charge in [0, 0.05) is 26.2 Å². The summed E-state index contributed by atoms with van der Waals surface area (Å²) < 4.78 is 0. The molecule has 0 rings (SSSR count). The molecule has 1 amide bonds. The van der Waals surface area contributed by atoms with Crippen LogP contribution >= 0.6 is 0 Å². The van der Waals surface area contributed by atoms with Crippen molar-refractivity contribution in [3.63, 3.8) is 0 Å². The molecular weight excluding hydrogens is 314 g/mol. The number of carbonyl (C=O) groups is 4. The van der Waals surface area contributed by atoms with Gasteiger partial charge in [-0.05, 0) is 7.05 Å². The monoisotopic (exact) mass is 335 g/mol. The fourth-order valence-corrected chi connectivity index (χ4v) is 1.72. The van der Waals surface area contributed by atoms with E-state index in [4.69, 9.17) is 20.4 Å². The predicted molar refractivity (Wildman–Crippen MR) is 76.4 cm³/mol. The third-order valence-corrected chi connectivity index (χ3v) is 2.86. The minimum atomic E-state index is -1.35. The van der Waals surface area contributed by atoms with E-state index in [1.54, 1.807) is 11.9 Å². The van der Waals surface area contributed by atoms with E-state index in [1.165, 1.54) is 4.90 Å². The van der Waals surface area contributed by atoms with Gasteiger partial charge in [-0.2, -0.15) is 0 Å². The number of aliphatic carboxylic acids is 3. The summed E-state index contributed by atoms with van der Waals surface area (Å²) in [4.78, 5) is 46.3. The van der Waals surface area contributed by atoms with Crippen LogP contribution in [0.15, 0.2) is 0 Å². The van der Waals surface area contributed by atoms with Crippen LogP contribution in [0.2, 0.25) is 0 Å². The Balaban J connectivity index is 4.31. The lowest BCUT2D eigenvalue weighted by molar-refractivity contribution is -0.142. The molecule has 0 atom stereocenters. The maximum absolute atomic E-state index is 10.9. The second-order valence-electron chi connectivity index (χ2n) is 4.90. The highest BCUT2D eigenvalue weighted by atomic mass is 16.4. The zero-order valence-corrected chi connectivity index (χ0v) is 12.7. The predicted octanol–water partition coefficient (Wildman–Crippen LogP) is -1.55. The Kier molecular flexibility index (Phi) is 9.27. The molecule has 0 fully saturated rings. The molecule has 0 aliphatic heterocycles. The summed E-state index contributed by atoms with van der Waals surface area (Å²) in [5.74, 6) is -3.55. The van der Waals surface area contributed by atoms with Crippen LogP contribution in [0.4, 0.5) is 4.79 Å². The van der Waals surface area contributed by atoms with Crippen LogP contribution in [-0.2, 0) is 14.4 Å². The number of hydrogen-bond acceptors (Lipinski definition) is 6. The smallest absolute Gasteiger partial charge is 0.407 e. The number of rotatable bonds is 12. The molecule has 11 nitrogen and oxygen atoms in total. The number of nitrogens with zero attached hydrogens (tertiary/aromatic N) is 3. The first kappa shape index (κ1) is 20.6. The Labute approximate surface area is 132 Å². The molecule has 0 aliphatic carbocycles. The van der Waals surface area contributed by atoms with E-state index in [0.717, 1.165) is 4.90 Å². The van der Waals surface area contributed by atoms with E-state index >= 15 is 0 Å². The topological polar surface area (TPSA) is 159 Å². The van der Waals surface area contributed by atoms with Crippen molar-refractivity contribution in [3.05, 3.63) is 0 Å². The first-order valence-electron chi connectivity index (χ1n) is 6.66. The van der Waals surface area contributed by atoms with Gasteiger partial charge in [0.15, 0.2) is 0 Å². The molecule has 11 heteroatoms. The van der Waals surface area contributed by atoms with Crippen molar-refractivity contribution >= 4 is 24.0 Å².